The third-order valence-electron chi connectivity index (χ3n) is 3.43. The summed E-state index contributed by atoms with van der Waals surface area (Å²) in [5, 5.41) is 0.467. The normalized spacial score (nSPS) is 18.3. The van der Waals surface area contributed by atoms with Crippen LogP contribution in [0.5, 0.6) is 0 Å². The Morgan fingerprint density at radius 3 is 2.33 bits per heavy atom. The monoisotopic (exact) mass is 338 g/mol. The molecule has 1 saturated heterocycles. The van der Waals surface area contributed by atoms with E-state index in [-0.39, 0.29) is 17.5 Å². The predicted octanol–water partition coefficient (Wildman–Crippen LogP) is 2.35. The maximum absolute atomic E-state index is 12.3. The maximum Gasteiger partial charge on any atom is 0.251 e. The number of sulfonamides is 1. The second kappa shape index (κ2) is 7.00. The maximum atomic E-state index is 12.3. The van der Waals surface area contributed by atoms with Gasteiger partial charge in [-0.3, -0.25) is 4.90 Å². The molecule has 0 saturated carbocycles. The fourth-order valence-corrected chi connectivity index (χ4v) is 3.76. The third-order valence-corrected chi connectivity index (χ3v) is 5.22. The number of halogens is 3. The fourth-order valence-electron chi connectivity index (χ4n) is 2.33. The molecule has 1 aliphatic heterocycles. The number of hydrogen-bond acceptors (Lipinski definition) is 3. The lowest BCUT2D eigenvalue weighted by atomic mass is 10.1. The molecule has 1 fully saturated rings. The van der Waals surface area contributed by atoms with Crippen molar-refractivity contribution < 1.29 is 17.2 Å². The van der Waals surface area contributed by atoms with Gasteiger partial charge in [0.15, 0.2) is 0 Å². The number of likely N-dealkylation sites (tertiary alicyclic amines) is 1. The van der Waals surface area contributed by atoms with Gasteiger partial charge in [0.05, 0.1) is 11.4 Å². The van der Waals surface area contributed by atoms with Crippen molar-refractivity contribution in [2.24, 2.45) is 0 Å². The van der Waals surface area contributed by atoms with Crippen molar-refractivity contribution in [1.82, 2.24) is 9.62 Å². The first kappa shape index (κ1) is 16.6. The molecular formula is C13H17ClF2N2O2S. The van der Waals surface area contributed by atoms with E-state index in [1.807, 2.05) is 0 Å². The van der Waals surface area contributed by atoms with Crippen LogP contribution in [0.15, 0.2) is 29.2 Å². The average molecular weight is 339 g/mol. The van der Waals surface area contributed by atoms with Crippen molar-refractivity contribution in [2.45, 2.75) is 30.2 Å². The van der Waals surface area contributed by atoms with Crippen molar-refractivity contribution in [2.75, 3.05) is 19.6 Å². The van der Waals surface area contributed by atoms with Crippen LogP contribution >= 0.6 is 11.6 Å². The van der Waals surface area contributed by atoms with Crippen molar-refractivity contribution in [3.8, 4) is 0 Å². The van der Waals surface area contributed by atoms with Gasteiger partial charge in [-0.05, 0) is 50.2 Å². The molecule has 1 aromatic rings. The molecule has 0 radical (unpaired) electrons. The van der Waals surface area contributed by atoms with Crippen LogP contribution in [-0.4, -0.2) is 45.4 Å². The number of hydrogen-bond donors (Lipinski definition) is 1. The summed E-state index contributed by atoms with van der Waals surface area (Å²) < 4.78 is 51.5. The van der Waals surface area contributed by atoms with E-state index in [9.17, 15) is 17.2 Å². The van der Waals surface area contributed by atoms with Crippen molar-refractivity contribution in [3.63, 3.8) is 0 Å². The molecule has 118 valence electrons. The highest BCUT2D eigenvalue weighted by Crippen LogP contribution is 2.17. The predicted molar refractivity (Wildman–Crippen MR) is 77.2 cm³/mol. The Morgan fingerprint density at radius 1 is 1.24 bits per heavy atom. The Bertz CT molecular complexity index is 558. The van der Waals surface area contributed by atoms with Crippen LogP contribution < -0.4 is 4.72 Å². The molecule has 4 nitrogen and oxygen atoms in total. The van der Waals surface area contributed by atoms with E-state index in [4.69, 9.17) is 11.6 Å². The number of alkyl halides is 2. The van der Waals surface area contributed by atoms with E-state index in [0.29, 0.717) is 31.0 Å². The molecule has 0 atom stereocenters. The molecule has 0 unspecified atom stereocenters. The molecule has 1 aromatic carbocycles. The van der Waals surface area contributed by atoms with E-state index < -0.39 is 16.4 Å². The van der Waals surface area contributed by atoms with E-state index in [1.165, 1.54) is 24.3 Å². The molecule has 0 aromatic heterocycles. The molecule has 0 amide bonds. The van der Waals surface area contributed by atoms with Crippen molar-refractivity contribution in [1.29, 1.82) is 0 Å². The number of benzene rings is 1. The molecular weight excluding hydrogens is 322 g/mol. The minimum absolute atomic E-state index is 0.155. The second-order valence-corrected chi connectivity index (χ2v) is 7.19. The highest BCUT2D eigenvalue weighted by Gasteiger charge is 2.25. The summed E-state index contributed by atoms with van der Waals surface area (Å²) in [4.78, 5) is 1.81. The Hall–Kier alpha value is -0.760. The quantitative estimate of drug-likeness (QED) is 0.896. The summed E-state index contributed by atoms with van der Waals surface area (Å²) in [6, 6.07) is 5.69. The zero-order valence-electron chi connectivity index (χ0n) is 11.3. The summed E-state index contributed by atoms with van der Waals surface area (Å²) in [6.07, 6.45) is -1.30. The van der Waals surface area contributed by atoms with Crippen LogP contribution in [0.4, 0.5) is 8.78 Å². The summed E-state index contributed by atoms with van der Waals surface area (Å²) in [7, 11) is -3.59. The SMILES string of the molecule is O=S(=O)(NC1CCN(CC(F)F)CC1)c1ccc(Cl)cc1. The summed E-state index contributed by atoms with van der Waals surface area (Å²) >= 11 is 5.73. The molecule has 8 heteroatoms. The fraction of sp³-hybridized carbons (Fsp3) is 0.538. The Labute approximate surface area is 128 Å². The van der Waals surface area contributed by atoms with Crippen LogP contribution in [0.2, 0.25) is 5.02 Å². The number of rotatable bonds is 5. The van der Waals surface area contributed by atoms with Gasteiger partial charge in [-0.25, -0.2) is 21.9 Å². The first-order valence-corrected chi connectivity index (χ1v) is 8.51. The average Bonchev–Trinajstić information content (AvgIpc) is 2.40. The van der Waals surface area contributed by atoms with Gasteiger partial charge in [0.25, 0.3) is 6.43 Å². The minimum atomic E-state index is -3.59. The molecule has 1 N–H and O–H groups in total. The zero-order valence-corrected chi connectivity index (χ0v) is 12.9. The van der Waals surface area contributed by atoms with E-state index in [0.717, 1.165) is 0 Å². The summed E-state index contributed by atoms with van der Waals surface area (Å²) in [6.45, 7) is 0.687. The van der Waals surface area contributed by atoms with Gasteiger partial charge < -0.3 is 0 Å². The first-order valence-electron chi connectivity index (χ1n) is 6.65. The minimum Gasteiger partial charge on any atom is -0.298 e. The zero-order chi connectivity index (χ0) is 15.5. The molecule has 2 rings (SSSR count). The van der Waals surface area contributed by atoms with Crippen LogP contribution in [0.3, 0.4) is 0 Å². The van der Waals surface area contributed by atoms with Crippen molar-refractivity contribution >= 4 is 21.6 Å². The highest BCUT2D eigenvalue weighted by atomic mass is 35.5. The third kappa shape index (κ3) is 4.88. The Morgan fingerprint density at radius 2 is 1.81 bits per heavy atom. The number of nitrogens with zero attached hydrogens (tertiary/aromatic N) is 1. The second-order valence-electron chi connectivity index (χ2n) is 5.04. The van der Waals surface area contributed by atoms with Crippen LogP contribution in [-0.2, 0) is 10.0 Å². The largest absolute Gasteiger partial charge is 0.298 e. The first-order chi connectivity index (χ1) is 9.87. The standard InChI is InChI=1S/C13H17ClF2N2O2S/c14-10-1-3-12(4-2-10)21(19,20)17-11-5-7-18(8-6-11)9-13(15)16/h1-4,11,13,17H,5-9H2. The summed E-state index contributed by atoms with van der Waals surface area (Å²) in [5.41, 5.74) is 0. The lowest BCUT2D eigenvalue weighted by Crippen LogP contribution is -2.45. The van der Waals surface area contributed by atoms with Gasteiger partial charge in [0.1, 0.15) is 0 Å². The number of nitrogens with one attached hydrogen (secondary N) is 1. The van der Waals surface area contributed by atoms with Gasteiger partial charge in [0.2, 0.25) is 10.0 Å². The van der Waals surface area contributed by atoms with Gasteiger partial charge in [0, 0.05) is 11.1 Å². The van der Waals surface area contributed by atoms with Crippen LogP contribution in [0, 0.1) is 0 Å². The number of piperidine rings is 1. The van der Waals surface area contributed by atoms with Crippen LogP contribution in [0.1, 0.15) is 12.8 Å². The highest BCUT2D eigenvalue weighted by molar-refractivity contribution is 7.89. The van der Waals surface area contributed by atoms with Gasteiger partial charge in [-0.2, -0.15) is 0 Å². The molecule has 21 heavy (non-hydrogen) atoms. The Balaban J connectivity index is 1.92. The van der Waals surface area contributed by atoms with Gasteiger partial charge in [-0.1, -0.05) is 11.6 Å². The van der Waals surface area contributed by atoms with E-state index >= 15 is 0 Å². The topological polar surface area (TPSA) is 49.4 Å². The lowest BCUT2D eigenvalue weighted by molar-refractivity contribution is 0.0747. The van der Waals surface area contributed by atoms with Crippen LogP contribution in [0.25, 0.3) is 0 Å². The summed E-state index contributed by atoms with van der Waals surface area (Å²) in [5.74, 6) is 0. The Kier molecular flexibility index (Phi) is 5.54. The van der Waals surface area contributed by atoms with Gasteiger partial charge in [-0.15, -0.1) is 0 Å². The molecule has 1 heterocycles. The van der Waals surface area contributed by atoms with Gasteiger partial charge >= 0.3 is 0 Å². The smallest absolute Gasteiger partial charge is 0.251 e. The molecule has 1 aliphatic rings. The van der Waals surface area contributed by atoms with E-state index in [1.54, 1.807) is 4.90 Å². The van der Waals surface area contributed by atoms with E-state index in [2.05, 4.69) is 4.72 Å². The molecule has 0 aliphatic carbocycles. The molecule has 0 spiro atoms. The van der Waals surface area contributed by atoms with Crippen molar-refractivity contribution in [3.05, 3.63) is 29.3 Å². The molecule has 0 bridgehead atoms. The lowest BCUT2D eigenvalue weighted by Gasteiger charge is -2.31.